The first-order valence-corrected chi connectivity index (χ1v) is 11.0. The molecule has 0 bridgehead atoms. The predicted octanol–water partition coefficient (Wildman–Crippen LogP) is 2.25. The normalized spacial score (nSPS) is 33.0. The van der Waals surface area contributed by atoms with Crippen molar-refractivity contribution >= 4 is 0 Å². The van der Waals surface area contributed by atoms with Gasteiger partial charge in [0.15, 0.2) is 11.6 Å². The summed E-state index contributed by atoms with van der Waals surface area (Å²) in [5.74, 6) is -0.748. The van der Waals surface area contributed by atoms with Crippen LogP contribution in [-0.2, 0) is 18.9 Å². The van der Waals surface area contributed by atoms with Crippen molar-refractivity contribution in [2.45, 2.75) is 100 Å². The summed E-state index contributed by atoms with van der Waals surface area (Å²) < 4.78 is 22.4. The van der Waals surface area contributed by atoms with Gasteiger partial charge in [0.25, 0.3) is 0 Å². The maximum absolute atomic E-state index is 10.2. The molecule has 0 amide bonds. The van der Waals surface area contributed by atoms with Crippen molar-refractivity contribution in [3.05, 3.63) is 0 Å². The Morgan fingerprint density at radius 2 is 0.964 bits per heavy atom. The zero-order valence-electron chi connectivity index (χ0n) is 17.3. The van der Waals surface area contributed by atoms with Crippen molar-refractivity contribution in [3.63, 3.8) is 0 Å². The van der Waals surface area contributed by atoms with E-state index in [0.29, 0.717) is 45.7 Å². The first kappa shape index (κ1) is 22.4. The van der Waals surface area contributed by atoms with Crippen LogP contribution in [0.2, 0.25) is 0 Å². The highest BCUT2D eigenvalue weighted by Crippen LogP contribution is 2.42. The minimum absolute atomic E-state index is 0.0468. The Bertz CT molecular complexity index is 419. The maximum atomic E-state index is 10.2. The number of aliphatic hydroxyl groups is 3. The van der Waals surface area contributed by atoms with Crippen molar-refractivity contribution in [1.29, 1.82) is 0 Å². The van der Waals surface area contributed by atoms with Crippen molar-refractivity contribution in [1.82, 2.24) is 0 Å². The fourth-order valence-corrected chi connectivity index (χ4v) is 4.94. The van der Waals surface area contributed by atoms with Crippen LogP contribution in [0.5, 0.6) is 0 Å². The fourth-order valence-electron chi connectivity index (χ4n) is 4.94. The van der Waals surface area contributed by atoms with Gasteiger partial charge in [0.1, 0.15) is 0 Å². The van der Waals surface area contributed by atoms with Gasteiger partial charge in [-0.1, -0.05) is 13.3 Å². The molecule has 2 saturated heterocycles. The van der Waals surface area contributed by atoms with Crippen LogP contribution >= 0.6 is 0 Å². The number of hydrogen-bond acceptors (Lipinski definition) is 7. The molecule has 0 radical (unpaired) electrons. The molecular weight excluding hydrogens is 364 g/mol. The lowest BCUT2D eigenvalue weighted by Crippen LogP contribution is -2.44. The largest absolute Gasteiger partial charge is 0.396 e. The van der Waals surface area contributed by atoms with Crippen molar-refractivity contribution < 1.29 is 34.3 Å². The molecule has 164 valence electrons. The second-order valence-corrected chi connectivity index (χ2v) is 8.89. The van der Waals surface area contributed by atoms with E-state index in [1.807, 2.05) is 0 Å². The molecule has 3 N–H and O–H groups in total. The molecule has 2 aliphatic heterocycles. The molecule has 2 spiro atoms. The molecule has 7 nitrogen and oxygen atoms in total. The van der Waals surface area contributed by atoms with Crippen LogP contribution in [0, 0.1) is 0 Å². The third-order valence-corrected chi connectivity index (χ3v) is 6.80. The van der Waals surface area contributed by atoms with Gasteiger partial charge in [-0.2, -0.15) is 0 Å². The van der Waals surface area contributed by atoms with Crippen LogP contribution in [0.25, 0.3) is 0 Å². The van der Waals surface area contributed by atoms with Crippen molar-refractivity contribution in [3.8, 4) is 0 Å². The molecule has 2 heterocycles. The summed E-state index contributed by atoms with van der Waals surface area (Å²) in [6.45, 7) is 4.92. The summed E-state index contributed by atoms with van der Waals surface area (Å²) in [5, 5.41) is 29.1. The van der Waals surface area contributed by atoms with Gasteiger partial charge < -0.3 is 34.3 Å². The molecule has 7 heteroatoms. The first-order chi connectivity index (χ1) is 13.4. The molecule has 0 unspecified atom stereocenters. The highest BCUT2D eigenvalue weighted by atomic mass is 16.7. The van der Waals surface area contributed by atoms with Gasteiger partial charge in [-0.05, 0) is 38.5 Å². The number of ether oxygens (including phenoxy) is 4. The molecule has 0 aromatic carbocycles. The van der Waals surface area contributed by atoms with Crippen molar-refractivity contribution in [2.75, 3.05) is 33.0 Å². The van der Waals surface area contributed by atoms with E-state index in [0.717, 1.165) is 51.4 Å². The van der Waals surface area contributed by atoms with E-state index < -0.39 is 17.0 Å². The number of rotatable bonds is 4. The molecule has 4 aliphatic rings. The average Bonchev–Trinajstić information content (AvgIpc) is 3.33. The second kappa shape index (κ2) is 9.25. The molecular formula is C21H38O7. The van der Waals surface area contributed by atoms with E-state index in [1.165, 1.54) is 0 Å². The van der Waals surface area contributed by atoms with Crippen LogP contribution in [0.1, 0.15) is 77.6 Å². The first-order valence-electron chi connectivity index (χ1n) is 11.0. The van der Waals surface area contributed by atoms with E-state index in [-0.39, 0.29) is 12.4 Å². The van der Waals surface area contributed by atoms with Crippen LogP contribution in [-0.4, -0.2) is 71.1 Å². The second-order valence-electron chi connectivity index (χ2n) is 8.89. The van der Waals surface area contributed by atoms with Crippen LogP contribution in [0.3, 0.4) is 0 Å². The average molecular weight is 403 g/mol. The van der Waals surface area contributed by atoms with E-state index in [9.17, 15) is 10.2 Å². The molecule has 28 heavy (non-hydrogen) atoms. The van der Waals surface area contributed by atoms with Crippen molar-refractivity contribution in [2.24, 2.45) is 0 Å². The molecule has 4 fully saturated rings. The molecule has 2 aliphatic carbocycles. The lowest BCUT2D eigenvalue weighted by molar-refractivity contribution is -0.204. The fraction of sp³-hybridized carbons (Fsp3) is 1.00. The van der Waals surface area contributed by atoms with E-state index in [2.05, 4.69) is 6.92 Å². The Balaban J connectivity index is 0.000000161. The monoisotopic (exact) mass is 402 g/mol. The van der Waals surface area contributed by atoms with Gasteiger partial charge in [-0.15, -0.1) is 0 Å². The van der Waals surface area contributed by atoms with E-state index >= 15 is 0 Å². The minimum Gasteiger partial charge on any atom is -0.396 e. The van der Waals surface area contributed by atoms with Crippen LogP contribution < -0.4 is 0 Å². The zero-order chi connectivity index (χ0) is 20.1. The Kier molecular flexibility index (Phi) is 7.40. The minimum atomic E-state index is -0.699. The summed E-state index contributed by atoms with van der Waals surface area (Å²) in [4.78, 5) is 0. The summed E-state index contributed by atoms with van der Waals surface area (Å²) in [6.07, 6.45) is 8.56. The highest BCUT2D eigenvalue weighted by Gasteiger charge is 2.46. The number of aliphatic hydroxyl groups excluding tert-OH is 1. The summed E-state index contributed by atoms with van der Waals surface area (Å²) in [6, 6.07) is 0. The summed E-state index contributed by atoms with van der Waals surface area (Å²) >= 11 is 0. The van der Waals surface area contributed by atoms with Crippen LogP contribution in [0.15, 0.2) is 0 Å². The molecule has 0 atom stereocenters. The smallest absolute Gasteiger partial charge is 0.168 e. The lowest BCUT2D eigenvalue weighted by atomic mass is 9.79. The Morgan fingerprint density at radius 1 is 0.607 bits per heavy atom. The Labute approximate surface area is 168 Å². The van der Waals surface area contributed by atoms with E-state index in [1.54, 1.807) is 0 Å². The van der Waals surface area contributed by atoms with Gasteiger partial charge in [0.05, 0.1) is 37.6 Å². The highest BCUT2D eigenvalue weighted by molar-refractivity contribution is 4.92. The molecule has 0 aromatic rings. The maximum Gasteiger partial charge on any atom is 0.168 e. The molecule has 0 aromatic heterocycles. The van der Waals surface area contributed by atoms with Gasteiger partial charge in [0, 0.05) is 32.3 Å². The zero-order valence-corrected chi connectivity index (χ0v) is 17.3. The molecule has 2 saturated carbocycles. The topological polar surface area (TPSA) is 97.6 Å². The molecule has 4 rings (SSSR count). The third kappa shape index (κ3) is 5.45. The summed E-state index contributed by atoms with van der Waals surface area (Å²) in [7, 11) is 0. The van der Waals surface area contributed by atoms with Gasteiger partial charge >= 0.3 is 0 Å². The van der Waals surface area contributed by atoms with Gasteiger partial charge in [0.2, 0.25) is 0 Å². The van der Waals surface area contributed by atoms with Gasteiger partial charge in [-0.3, -0.25) is 0 Å². The predicted molar refractivity (Wildman–Crippen MR) is 103 cm³/mol. The third-order valence-electron chi connectivity index (χ3n) is 6.80. The Hall–Kier alpha value is -0.280. The number of hydrogen-bond donors (Lipinski definition) is 3. The SMILES string of the molecule is CCCC1(O)CCC2(CC1)OCCO2.OCCC1(O)CCC2(CC1)OCCO2. The van der Waals surface area contributed by atoms with Gasteiger partial charge in [-0.25, -0.2) is 0 Å². The Morgan fingerprint density at radius 3 is 1.29 bits per heavy atom. The lowest BCUT2D eigenvalue weighted by Gasteiger charge is -2.40. The van der Waals surface area contributed by atoms with Crippen LogP contribution in [0.4, 0.5) is 0 Å². The summed E-state index contributed by atoms with van der Waals surface area (Å²) in [5.41, 5.74) is -1.15. The van der Waals surface area contributed by atoms with E-state index in [4.69, 9.17) is 24.1 Å². The quantitative estimate of drug-likeness (QED) is 0.663. The standard InChI is InChI=1S/C11H20O3.C10H18O4/c1-2-3-10(12)4-6-11(7-5-10)13-8-9-14-11;11-6-5-9(12)1-3-10(4-2-9)13-7-8-14-10/h12H,2-9H2,1H3;11-12H,1-8H2.